The van der Waals surface area contributed by atoms with Crippen molar-refractivity contribution in [3.05, 3.63) is 46.0 Å². The van der Waals surface area contributed by atoms with Gasteiger partial charge in [-0.25, -0.2) is 0 Å². The molecule has 0 unspecified atom stereocenters. The number of hydrogen-bond acceptors (Lipinski definition) is 4. The van der Waals surface area contributed by atoms with E-state index in [2.05, 4.69) is 36.4 Å². The van der Waals surface area contributed by atoms with Crippen molar-refractivity contribution in [2.75, 3.05) is 13.1 Å². The van der Waals surface area contributed by atoms with E-state index >= 15 is 0 Å². The first kappa shape index (κ1) is 19.5. The van der Waals surface area contributed by atoms with E-state index in [1.165, 1.54) is 0 Å². The Hall–Kier alpha value is -2.22. The van der Waals surface area contributed by atoms with Crippen LogP contribution >= 0.6 is 15.9 Å². The van der Waals surface area contributed by atoms with E-state index in [4.69, 9.17) is 0 Å². The molecular formula is C19H24BrN5O2. The minimum absolute atomic E-state index is 0.0361. The average molecular weight is 434 g/mol. The van der Waals surface area contributed by atoms with E-state index in [0.29, 0.717) is 38.2 Å². The normalized spacial score (nSPS) is 15.2. The summed E-state index contributed by atoms with van der Waals surface area (Å²) < 4.78 is 0.735. The highest BCUT2D eigenvalue weighted by Gasteiger charge is 2.30. The summed E-state index contributed by atoms with van der Waals surface area (Å²) in [6, 6.07) is 3.78. The van der Waals surface area contributed by atoms with Crippen LogP contribution in [0.1, 0.15) is 54.4 Å². The summed E-state index contributed by atoms with van der Waals surface area (Å²) in [4.78, 5) is 31.0. The summed E-state index contributed by atoms with van der Waals surface area (Å²) in [5.74, 6) is 0.121. The van der Waals surface area contributed by atoms with Gasteiger partial charge in [-0.3, -0.25) is 19.7 Å². The quantitative estimate of drug-likeness (QED) is 0.757. The largest absolute Gasteiger partial charge is 0.352 e. The molecule has 0 saturated carbocycles. The van der Waals surface area contributed by atoms with E-state index in [9.17, 15) is 9.59 Å². The van der Waals surface area contributed by atoms with Crippen LogP contribution < -0.4 is 5.32 Å². The molecule has 0 radical (unpaired) electrons. The molecule has 8 heteroatoms. The zero-order valence-electron chi connectivity index (χ0n) is 15.5. The minimum Gasteiger partial charge on any atom is -0.352 e. The molecule has 3 rings (SSSR count). The number of rotatable bonds is 5. The number of pyridine rings is 1. The Morgan fingerprint density at radius 2 is 2.11 bits per heavy atom. The third-order valence-corrected chi connectivity index (χ3v) is 5.66. The molecule has 1 aliphatic heterocycles. The highest BCUT2D eigenvalue weighted by Crippen LogP contribution is 2.27. The summed E-state index contributed by atoms with van der Waals surface area (Å²) >= 11 is 3.49. The Morgan fingerprint density at radius 1 is 1.37 bits per heavy atom. The zero-order chi connectivity index (χ0) is 19.4. The van der Waals surface area contributed by atoms with Gasteiger partial charge < -0.3 is 10.2 Å². The Kier molecular flexibility index (Phi) is 6.26. The molecule has 7 nitrogen and oxygen atoms in total. The van der Waals surface area contributed by atoms with Gasteiger partial charge >= 0.3 is 0 Å². The van der Waals surface area contributed by atoms with Crippen molar-refractivity contribution < 1.29 is 9.59 Å². The number of likely N-dealkylation sites (tertiary alicyclic amines) is 1. The lowest BCUT2D eigenvalue weighted by Gasteiger charge is -2.31. The van der Waals surface area contributed by atoms with E-state index in [0.717, 1.165) is 15.7 Å². The molecule has 1 fully saturated rings. The first-order valence-electron chi connectivity index (χ1n) is 9.17. The fourth-order valence-electron chi connectivity index (χ4n) is 3.20. The van der Waals surface area contributed by atoms with Gasteiger partial charge in [-0.05, 0) is 46.3 Å². The molecule has 0 bridgehead atoms. The van der Waals surface area contributed by atoms with Crippen molar-refractivity contribution >= 4 is 27.7 Å². The molecule has 0 atom stereocenters. The molecule has 2 aromatic heterocycles. The molecule has 3 heterocycles. The summed E-state index contributed by atoms with van der Waals surface area (Å²) in [5.41, 5.74) is 2.31. The zero-order valence-corrected chi connectivity index (χ0v) is 17.1. The maximum atomic E-state index is 12.7. The molecule has 144 valence electrons. The first-order chi connectivity index (χ1) is 13.0. The van der Waals surface area contributed by atoms with Crippen LogP contribution in [0, 0.1) is 5.92 Å². The number of nitrogens with one attached hydrogen (secondary N) is 2. The second kappa shape index (κ2) is 8.65. The van der Waals surface area contributed by atoms with Gasteiger partial charge in [-0.15, -0.1) is 0 Å². The molecule has 0 aromatic carbocycles. The lowest BCUT2D eigenvalue weighted by atomic mass is 9.95. The summed E-state index contributed by atoms with van der Waals surface area (Å²) in [7, 11) is 0. The van der Waals surface area contributed by atoms with Gasteiger partial charge in [-0.1, -0.05) is 19.9 Å². The number of amides is 2. The summed E-state index contributed by atoms with van der Waals surface area (Å²) in [6.45, 7) is 5.68. The second-order valence-electron chi connectivity index (χ2n) is 7.10. The van der Waals surface area contributed by atoms with Gasteiger partial charge in [0.1, 0.15) is 0 Å². The Bertz CT molecular complexity index is 798. The van der Waals surface area contributed by atoms with Gasteiger partial charge in [0.05, 0.1) is 10.2 Å². The van der Waals surface area contributed by atoms with Gasteiger partial charge in [0.2, 0.25) is 5.91 Å². The van der Waals surface area contributed by atoms with Crippen LogP contribution in [-0.4, -0.2) is 45.0 Å². The SMILES string of the molecule is CC(C)c1[nH]nc(C(=O)N2CCC(C(=O)NCc3cccnc3)CC2)c1Br. The van der Waals surface area contributed by atoms with Crippen LogP contribution in [0.3, 0.4) is 0 Å². The average Bonchev–Trinajstić information content (AvgIpc) is 3.08. The van der Waals surface area contributed by atoms with Crippen molar-refractivity contribution in [3.63, 3.8) is 0 Å². The van der Waals surface area contributed by atoms with Crippen molar-refractivity contribution in [1.82, 2.24) is 25.4 Å². The topological polar surface area (TPSA) is 91.0 Å². The van der Waals surface area contributed by atoms with Gasteiger partial charge in [0.15, 0.2) is 5.69 Å². The number of piperidine rings is 1. The minimum atomic E-state index is -0.0979. The molecule has 27 heavy (non-hydrogen) atoms. The molecular weight excluding hydrogens is 410 g/mol. The Balaban J connectivity index is 1.52. The summed E-state index contributed by atoms with van der Waals surface area (Å²) in [5, 5.41) is 10.1. The summed E-state index contributed by atoms with van der Waals surface area (Å²) in [6.07, 6.45) is 4.77. The number of H-pyrrole nitrogens is 1. The fraction of sp³-hybridized carbons (Fsp3) is 0.474. The van der Waals surface area contributed by atoms with Crippen LogP contribution in [0.25, 0.3) is 0 Å². The molecule has 0 aliphatic carbocycles. The lowest BCUT2D eigenvalue weighted by molar-refractivity contribution is -0.126. The van der Waals surface area contributed by atoms with Crippen molar-refractivity contribution in [2.45, 2.75) is 39.2 Å². The van der Waals surface area contributed by atoms with E-state index in [1.54, 1.807) is 17.3 Å². The standard InChI is InChI=1S/C19H24BrN5O2/c1-12(2)16-15(20)17(24-23-16)19(27)25-8-5-14(6-9-25)18(26)22-11-13-4-3-7-21-10-13/h3-4,7,10,12,14H,5-6,8-9,11H2,1-2H3,(H,22,26)(H,23,24). The van der Waals surface area contributed by atoms with E-state index < -0.39 is 0 Å². The monoisotopic (exact) mass is 433 g/mol. The van der Waals surface area contributed by atoms with E-state index in [1.807, 2.05) is 26.0 Å². The highest BCUT2D eigenvalue weighted by atomic mass is 79.9. The number of carbonyl (C=O) groups is 2. The first-order valence-corrected chi connectivity index (χ1v) is 9.96. The number of nitrogens with zero attached hydrogens (tertiary/aromatic N) is 3. The van der Waals surface area contributed by atoms with Crippen molar-refractivity contribution in [3.8, 4) is 0 Å². The Morgan fingerprint density at radius 3 is 2.70 bits per heavy atom. The fourth-order valence-corrected chi connectivity index (χ4v) is 4.00. The number of aromatic amines is 1. The lowest BCUT2D eigenvalue weighted by Crippen LogP contribution is -2.43. The predicted octanol–water partition coefficient (Wildman–Crippen LogP) is 2.86. The third-order valence-electron chi connectivity index (χ3n) is 4.85. The van der Waals surface area contributed by atoms with Gasteiger partial charge in [0, 0.05) is 37.9 Å². The second-order valence-corrected chi connectivity index (χ2v) is 7.89. The number of hydrogen-bond donors (Lipinski definition) is 2. The van der Waals surface area contributed by atoms with Gasteiger partial charge in [0.25, 0.3) is 5.91 Å². The number of halogens is 1. The van der Waals surface area contributed by atoms with E-state index in [-0.39, 0.29) is 23.7 Å². The number of carbonyl (C=O) groups excluding carboxylic acids is 2. The van der Waals surface area contributed by atoms with Gasteiger partial charge in [-0.2, -0.15) is 5.10 Å². The van der Waals surface area contributed by atoms with Crippen molar-refractivity contribution in [2.24, 2.45) is 5.92 Å². The van der Waals surface area contributed by atoms with Crippen LogP contribution in [-0.2, 0) is 11.3 Å². The number of aromatic nitrogens is 3. The van der Waals surface area contributed by atoms with Crippen LogP contribution in [0.2, 0.25) is 0 Å². The predicted molar refractivity (Wildman–Crippen MR) is 105 cm³/mol. The Labute approximate surface area is 167 Å². The third kappa shape index (κ3) is 4.55. The molecule has 1 saturated heterocycles. The van der Waals surface area contributed by atoms with Crippen LogP contribution in [0.15, 0.2) is 29.0 Å². The smallest absolute Gasteiger partial charge is 0.275 e. The highest BCUT2D eigenvalue weighted by molar-refractivity contribution is 9.10. The van der Waals surface area contributed by atoms with Crippen molar-refractivity contribution in [1.29, 1.82) is 0 Å². The molecule has 2 N–H and O–H groups in total. The molecule has 2 amide bonds. The van der Waals surface area contributed by atoms with Crippen LogP contribution in [0.4, 0.5) is 0 Å². The maximum absolute atomic E-state index is 12.7. The molecule has 1 aliphatic rings. The molecule has 2 aromatic rings. The molecule has 0 spiro atoms. The maximum Gasteiger partial charge on any atom is 0.275 e. The van der Waals surface area contributed by atoms with Crippen LogP contribution in [0.5, 0.6) is 0 Å².